The van der Waals surface area contributed by atoms with Gasteiger partial charge >= 0.3 is 5.97 Å². The molecule has 0 saturated carbocycles. The maximum atomic E-state index is 12.4. The molecule has 4 nitrogen and oxygen atoms in total. The van der Waals surface area contributed by atoms with Gasteiger partial charge in [-0.1, -0.05) is 32.0 Å². The topological polar surface area (TPSA) is 51.0 Å². The number of hydrogen-bond acceptors (Lipinski definition) is 4. The molecule has 4 heteroatoms. The molecule has 120 valence electrons. The van der Waals surface area contributed by atoms with E-state index >= 15 is 0 Å². The quantitative estimate of drug-likeness (QED) is 0.717. The van der Waals surface area contributed by atoms with Crippen molar-refractivity contribution in [1.82, 2.24) is 0 Å². The predicted molar refractivity (Wildman–Crippen MR) is 90.3 cm³/mol. The molecule has 0 fully saturated rings. The van der Waals surface area contributed by atoms with Crippen LogP contribution >= 0.6 is 0 Å². The van der Waals surface area contributed by atoms with E-state index in [0.29, 0.717) is 18.1 Å². The van der Waals surface area contributed by atoms with Crippen LogP contribution in [0.2, 0.25) is 0 Å². The maximum absolute atomic E-state index is 12.4. The van der Waals surface area contributed by atoms with Gasteiger partial charge in [0.15, 0.2) is 0 Å². The zero-order valence-corrected chi connectivity index (χ0v) is 14.1. The number of esters is 1. The molecule has 0 amide bonds. The molecule has 3 aliphatic rings. The van der Waals surface area contributed by atoms with Crippen molar-refractivity contribution >= 4 is 11.7 Å². The molecule has 0 saturated heterocycles. The van der Waals surface area contributed by atoms with Gasteiger partial charge in [-0.25, -0.2) is 4.79 Å². The number of carbonyl (C=O) groups excluding carboxylic acids is 1. The lowest BCUT2D eigenvalue weighted by Crippen LogP contribution is -2.22. The summed E-state index contributed by atoms with van der Waals surface area (Å²) < 4.78 is 5.23. The Balaban J connectivity index is 2.22. The summed E-state index contributed by atoms with van der Waals surface area (Å²) in [4.78, 5) is 12.4. The fourth-order valence-electron chi connectivity index (χ4n) is 3.45. The smallest absolute Gasteiger partial charge is 0.338 e. The Morgan fingerprint density at radius 1 is 1.30 bits per heavy atom. The molecule has 0 aromatic rings. The second kappa shape index (κ2) is 5.76. The van der Waals surface area contributed by atoms with E-state index in [1.165, 1.54) is 0 Å². The van der Waals surface area contributed by atoms with Gasteiger partial charge in [0.25, 0.3) is 0 Å². The Bertz CT molecular complexity index is 751. The molecule has 2 aliphatic carbocycles. The first kappa shape index (κ1) is 15.7. The Kier molecular flexibility index (Phi) is 3.92. The maximum Gasteiger partial charge on any atom is 0.338 e. The number of carbonyl (C=O) groups is 1. The molecule has 1 unspecified atom stereocenters. The number of rotatable bonds is 4. The van der Waals surface area contributed by atoms with E-state index < -0.39 is 5.54 Å². The summed E-state index contributed by atoms with van der Waals surface area (Å²) in [6, 6.07) is 9.72. The number of nitrogens with zero attached hydrogens (tertiary/aromatic N) is 2. The summed E-state index contributed by atoms with van der Waals surface area (Å²) in [5.41, 5.74) is 4.01. The first-order valence-corrected chi connectivity index (χ1v) is 8.12. The normalized spacial score (nSPS) is 19.3. The monoisotopic (exact) mass is 310 g/mol. The van der Waals surface area contributed by atoms with Gasteiger partial charge in [-0.05, 0) is 49.4 Å². The van der Waals surface area contributed by atoms with E-state index in [2.05, 4.69) is 31.0 Å². The third-order valence-corrected chi connectivity index (χ3v) is 4.26. The average molecular weight is 310 g/mol. The van der Waals surface area contributed by atoms with Crippen molar-refractivity contribution in [3.8, 4) is 11.1 Å². The lowest BCUT2D eigenvalue weighted by Gasteiger charge is -2.29. The molecule has 0 aromatic heterocycles. The zero-order valence-electron chi connectivity index (χ0n) is 14.1. The van der Waals surface area contributed by atoms with E-state index in [9.17, 15) is 4.79 Å². The molecule has 1 atom stereocenters. The summed E-state index contributed by atoms with van der Waals surface area (Å²) in [7, 11) is 0. The highest BCUT2D eigenvalue weighted by Gasteiger charge is 2.38. The molecule has 0 aromatic carbocycles. The van der Waals surface area contributed by atoms with Crippen molar-refractivity contribution in [1.29, 1.82) is 0 Å². The Hall–Kier alpha value is -2.23. The minimum Gasteiger partial charge on any atom is -0.462 e. The van der Waals surface area contributed by atoms with Crippen LogP contribution in [0.15, 0.2) is 40.6 Å². The first-order chi connectivity index (χ1) is 11.0. The third-order valence-electron chi connectivity index (χ3n) is 4.26. The summed E-state index contributed by atoms with van der Waals surface area (Å²) in [5.74, 6) is 0.198. The molecule has 3 rings (SSSR count). The second-order valence-corrected chi connectivity index (χ2v) is 6.66. The molecule has 0 spiro atoms. The van der Waals surface area contributed by atoms with E-state index in [1.54, 1.807) is 0 Å². The van der Waals surface area contributed by atoms with Crippen LogP contribution in [-0.4, -0.2) is 12.6 Å². The van der Waals surface area contributed by atoms with Crippen LogP contribution in [0.5, 0.6) is 0 Å². The fourth-order valence-corrected chi connectivity index (χ4v) is 3.45. The number of azo groups is 1. The Labute approximate surface area is 136 Å². The van der Waals surface area contributed by atoms with Gasteiger partial charge in [0.1, 0.15) is 5.54 Å². The highest BCUT2D eigenvalue weighted by atomic mass is 16.5. The van der Waals surface area contributed by atoms with E-state index in [1.807, 2.05) is 37.3 Å². The Morgan fingerprint density at radius 3 is 2.74 bits per heavy atom. The van der Waals surface area contributed by atoms with Crippen LogP contribution in [0, 0.1) is 5.92 Å². The van der Waals surface area contributed by atoms with Crippen molar-refractivity contribution in [3.05, 3.63) is 41.5 Å². The van der Waals surface area contributed by atoms with Crippen molar-refractivity contribution < 1.29 is 9.53 Å². The zero-order chi connectivity index (χ0) is 16.6. The highest BCUT2D eigenvalue weighted by Crippen LogP contribution is 2.50. The van der Waals surface area contributed by atoms with Gasteiger partial charge in [-0.2, -0.15) is 10.2 Å². The largest absolute Gasteiger partial charge is 0.462 e. The lowest BCUT2D eigenvalue weighted by molar-refractivity contribution is 0.0527. The molecule has 1 aliphatic heterocycles. The van der Waals surface area contributed by atoms with Crippen molar-refractivity contribution in [3.63, 3.8) is 0 Å². The van der Waals surface area contributed by atoms with Crippen LogP contribution in [0.4, 0.5) is 5.69 Å². The lowest BCUT2D eigenvalue weighted by atomic mass is 9.83. The van der Waals surface area contributed by atoms with Gasteiger partial charge in [0.05, 0.1) is 17.9 Å². The number of hydrogen-bond donors (Lipinski definition) is 0. The van der Waals surface area contributed by atoms with Crippen LogP contribution < -0.4 is 0 Å². The van der Waals surface area contributed by atoms with Crippen molar-refractivity contribution in [2.75, 3.05) is 6.61 Å². The molecule has 1 heterocycles. The third kappa shape index (κ3) is 2.62. The molecule has 0 radical (unpaired) electrons. The summed E-state index contributed by atoms with van der Waals surface area (Å²) in [6.45, 7) is 8.63. The molecular weight excluding hydrogens is 288 g/mol. The number of ether oxygens (including phenoxy) is 1. The molecule has 23 heavy (non-hydrogen) atoms. The summed E-state index contributed by atoms with van der Waals surface area (Å²) in [6.07, 6.45) is 0.885. The highest BCUT2D eigenvalue weighted by molar-refractivity contribution is 6.02. The minimum absolute atomic E-state index is 0.283. The van der Waals surface area contributed by atoms with Crippen molar-refractivity contribution in [2.45, 2.75) is 39.7 Å². The van der Waals surface area contributed by atoms with Gasteiger partial charge < -0.3 is 4.74 Å². The predicted octanol–water partition coefficient (Wildman–Crippen LogP) is 5.33. The van der Waals surface area contributed by atoms with E-state index in [4.69, 9.17) is 4.74 Å². The van der Waals surface area contributed by atoms with Crippen LogP contribution in [0.3, 0.4) is 0 Å². The summed E-state index contributed by atoms with van der Waals surface area (Å²) in [5, 5.41) is 9.04. The summed E-state index contributed by atoms with van der Waals surface area (Å²) >= 11 is 0. The van der Waals surface area contributed by atoms with E-state index in [-0.39, 0.29) is 5.97 Å². The van der Waals surface area contributed by atoms with Gasteiger partial charge in [0, 0.05) is 5.56 Å². The fraction of sp³-hybridized carbons (Fsp3) is 0.421. The van der Waals surface area contributed by atoms with E-state index in [0.717, 1.165) is 28.8 Å². The van der Waals surface area contributed by atoms with Gasteiger partial charge in [-0.15, -0.1) is 0 Å². The SMILES string of the molecule is CCOC(=O)c1cc2c3c(ccccc1-3)N=NC2(C)CC(C)C. The van der Waals surface area contributed by atoms with Gasteiger partial charge in [-0.3, -0.25) is 0 Å². The van der Waals surface area contributed by atoms with Crippen LogP contribution in [0.25, 0.3) is 11.1 Å². The molecular formula is C19H22N2O2. The van der Waals surface area contributed by atoms with Crippen molar-refractivity contribution in [2.24, 2.45) is 16.1 Å². The minimum atomic E-state index is -0.404. The first-order valence-electron chi connectivity index (χ1n) is 8.12. The van der Waals surface area contributed by atoms with Crippen LogP contribution in [0.1, 0.15) is 50.0 Å². The van der Waals surface area contributed by atoms with Gasteiger partial charge in [0.2, 0.25) is 0 Å². The second-order valence-electron chi connectivity index (χ2n) is 6.66. The molecule has 0 bridgehead atoms. The Morgan fingerprint density at radius 2 is 2.04 bits per heavy atom. The standard InChI is InChI=1S/C19H22N2O2/c1-5-23-18(22)14-10-15-17-13(14)8-6-7-9-16(17)20-21-19(15,4)11-12(2)3/h6-10,12H,5,11H2,1-4H3. The van der Waals surface area contributed by atoms with Crippen LogP contribution in [-0.2, 0) is 10.3 Å². The average Bonchev–Trinajstić information content (AvgIpc) is 2.74. The molecule has 0 N–H and O–H groups in total.